The minimum absolute atomic E-state index is 0.0213. The second kappa shape index (κ2) is 11.4. The molecule has 1 saturated carbocycles. The fourth-order valence-corrected chi connectivity index (χ4v) is 7.88. The fourth-order valence-electron chi connectivity index (χ4n) is 5.18. The van der Waals surface area contributed by atoms with Gasteiger partial charge in [0.05, 0.1) is 10.5 Å². The van der Waals surface area contributed by atoms with Crippen molar-refractivity contribution in [3.05, 3.63) is 45.8 Å². The number of nitrogens with zero attached hydrogens (tertiary/aromatic N) is 2. The number of fused-ring (bicyclic) bond motifs is 1. The second-order valence-corrected chi connectivity index (χ2v) is 12.7. The first-order valence-corrected chi connectivity index (χ1v) is 15.0. The molecule has 0 radical (unpaired) electrons. The first-order chi connectivity index (χ1) is 17.3. The zero-order chi connectivity index (χ0) is 25.9. The molecule has 2 aromatic rings. The zero-order valence-electron chi connectivity index (χ0n) is 21.3. The predicted octanol–water partition coefficient (Wildman–Crippen LogP) is 4.08. The highest BCUT2D eigenvalue weighted by Gasteiger charge is 2.30. The predicted molar refractivity (Wildman–Crippen MR) is 143 cm³/mol. The summed E-state index contributed by atoms with van der Waals surface area (Å²) in [4.78, 5) is 29.4. The number of nitrogens with one attached hydrogen (secondary N) is 2. The number of anilines is 1. The van der Waals surface area contributed by atoms with E-state index in [4.69, 9.17) is 0 Å². The summed E-state index contributed by atoms with van der Waals surface area (Å²) < 4.78 is 27.7. The van der Waals surface area contributed by atoms with E-state index in [9.17, 15) is 18.0 Å². The normalized spacial score (nSPS) is 17.1. The number of amides is 2. The van der Waals surface area contributed by atoms with E-state index in [1.54, 1.807) is 14.1 Å². The SMILES string of the molecule is CCCN1CCc2c(sc(NC(=O)c3ccc(S(=O)(=O)N(C)C4CCCCC4)cc3)c2C(=O)NC)C1. The Balaban J connectivity index is 1.52. The standard InChI is InChI=1S/C26H36N4O4S2/c1-4-15-30-16-14-21-22(17-30)35-26(23(21)25(32)27-2)28-24(31)18-10-12-20(13-11-18)36(33,34)29(3)19-8-6-5-7-9-19/h10-13,19H,4-9,14-17H2,1-3H3,(H,27,32)(H,28,31). The van der Waals surface area contributed by atoms with Gasteiger partial charge in [-0.15, -0.1) is 11.3 Å². The van der Waals surface area contributed by atoms with E-state index >= 15 is 0 Å². The molecular formula is C26H36N4O4S2. The maximum Gasteiger partial charge on any atom is 0.256 e. The summed E-state index contributed by atoms with van der Waals surface area (Å²) in [5.41, 5.74) is 1.89. The number of hydrogen-bond donors (Lipinski definition) is 2. The van der Waals surface area contributed by atoms with Crippen LogP contribution in [0, 0.1) is 0 Å². The van der Waals surface area contributed by atoms with Crippen LogP contribution in [-0.2, 0) is 23.0 Å². The summed E-state index contributed by atoms with van der Waals surface area (Å²) in [6.45, 7) is 4.81. The zero-order valence-corrected chi connectivity index (χ0v) is 22.9. The van der Waals surface area contributed by atoms with Crippen molar-refractivity contribution in [2.24, 2.45) is 0 Å². The van der Waals surface area contributed by atoms with Crippen LogP contribution in [0.3, 0.4) is 0 Å². The molecule has 0 atom stereocenters. The Morgan fingerprint density at radius 2 is 1.81 bits per heavy atom. The highest BCUT2D eigenvalue weighted by molar-refractivity contribution is 7.89. The second-order valence-electron chi connectivity index (χ2n) is 9.60. The van der Waals surface area contributed by atoms with Gasteiger partial charge in [0.15, 0.2) is 0 Å². The lowest BCUT2D eigenvalue weighted by molar-refractivity contribution is 0.0962. The lowest BCUT2D eigenvalue weighted by atomic mass is 9.96. The van der Waals surface area contributed by atoms with Gasteiger partial charge in [0.1, 0.15) is 5.00 Å². The Kier molecular flexibility index (Phi) is 8.49. The van der Waals surface area contributed by atoms with Crippen LogP contribution < -0.4 is 10.6 Å². The smallest absolute Gasteiger partial charge is 0.256 e. The first-order valence-electron chi connectivity index (χ1n) is 12.7. The monoisotopic (exact) mass is 532 g/mol. The third-order valence-electron chi connectivity index (χ3n) is 7.24. The summed E-state index contributed by atoms with van der Waals surface area (Å²) in [5, 5.41) is 6.16. The van der Waals surface area contributed by atoms with Gasteiger partial charge < -0.3 is 10.6 Å². The van der Waals surface area contributed by atoms with Crippen molar-refractivity contribution in [3.8, 4) is 0 Å². The number of rotatable bonds is 8. The van der Waals surface area contributed by atoms with Crippen molar-refractivity contribution in [3.63, 3.8) is 0 Å². The van der Waals surface area contributed by atoms with Gasteiger partial charge in [0.25, 0.3) is 11.8 Å². The number of sulfonamides is 1. The number of carbonyl (C=O) groups is 2. The maximum atomic E-state index is 13.1. The summed E-state index contributed by atoms with van der Waals surface area (Å²) in [5.74, 6) is -0.576. The Bertz CT molecular complexity index is 1200. The Morgan fingerprint density at radius 1 is 1.11 bits per heavy atom. The van der Waals surface area contributed by atoms with Crippen LogP contribution in [0.2, 0.25) is 0 Å². The van der Waals surface area contributed by atoms with Crippen LogP contribution in [0.4, 0.5) is 5.00 Å². The maximum absolute atomic E-state index is 13.1. The molecule has 1 aromatic heterocycles. The van der Waals surface area contributed by atoms with Gasteiger partial charge in [-0.2, -0.15) is 4.31 Å². The minimum Gasteiger partial charge on any atom is -0.355 e. The van der Waals surface area contributed by atoms with Crippen molar-refractivity contribution < 1.29 is 18.0 Å². The minimum atomic E-state index is -3.63. The molecule has 0 unspecified atom stereocenters. The fraction of sp³-hybridized carbons (Fsp3) is 0.538. The molecule has 2 amide bonds. The Labute approximate surface area is 218 Å². The quantitative estimate of drug-likeness (QED) is 0.534. The number of carbonyl (C=O) groups excluding carboxylic acids is 2. The van der Waals surface area contributed by atoms with Gasteiger partial charge in [-0.1, -0.05) is 26.2 Å². The largest absolute Gasteiger partial charge is 0.355 e. The third-order valence-corrected chi connectivity index (χ3v) is 10.3. The molecule has 0 spiro atoms. The molecular weight excluding hydrogens is 496 g/mol. The van der Waals surface area contributed by atoms with Crippen LogP contribution in [0.5, 0.6) is 0 Å². The van der Waals surface area contributed by atoms with Gasteiger partial charge in [-0.25, -0.2) is 8.42 Å². The molecule has 1 aromatic carbocycles. The molecule has 0 saturated heterocycles. The number of thiophene rings is 1. The summed E-state index contributed by atoms with van der Waals surface area (Å²) in [7, 11) is -0.391. The van der Waals surface area contributed by atoms with Gasteiger partial charge in [-0.05, 0) is 62.1 Å². The molecule has 0 bridgehead atoms. The lowest BCUT2D eigenvalue weighted by Crippen LogP contribution is -2.38. The molecule has 1 aliphatic carbocycles. The average molecular weight is 533 g/mol. The third kappa shape index (κ3) is 5.51. The Hall–Kier alpha value is -2.27. The molecule has 36 heavy (non-hydrogen) atoms. The van der Waals surface area contributed by atoms with Crippen LogP contribution in [0.25, 0.3) is 0 Å². The van der Waals surface area contributed by atoms with E-state index < -0.39 is 10.0 Å². The van der Waals surface area contributed by atoms with E-state index in [1.165, 1.54) is 39.9 Å². The number of hydrogen-bond acceptors (Lipinski definition) is 6. The molecule has 2 N–H and O–H groups in total. The summed E-state index contributed by atoms with van der Waals surface area (Å²) in [6, 6.07) is 6.07. The molecule has 2 heterocycles. The van der Waals surface area contributed by atoms with Crippen molar-refractivity contribution in [2.75, 3.05) is 32.5 Å². The van der Waals surface area contributed by atoms with Gasteiger partial charge >= 0.3 is 0 Å². The molecule has 1 aliphatic heterocycles. The van der Waals surface area contributed by atoms with Crippen molar-refractivity contribution >= 4 is 38.2 Å². The van der Waals surface area contributed by atoms with E-state index in [0.717, 1.165) is 75.0 Å². The van der Waals surface area contributed by atoms with Crippen molar-refractivity contribution in [1.29, 1.82) is 0 Å². The summed E-state index contributed by atoms with van der Waals surface area (Å²) in [6.07, 6.45) is 6.84. The highest BCUT2D eigenvalue weighted by atomic mass is 32.2. The van der Waals surface area contributed by atoms with Gasteiger partial charge in [0.2, 0.25) is 10.0 Å². The highest BCUT2D eigenvalue weighted by Crippen LogP contribution is 2.37. The van der Waals surface area contributed by atoms with Crippen LogP contribution in [-0.4, -0.2) is 62.7 Å². The topological polar surface area (TPSA) is 98.8 Å². The van der Waals surface area contributed by atoms with Gasteiger partial charge in [-0.3, -0.25) is 14.5 Å². The van der Waals surface area contributed by atoms with E-state index in [0.29, 0.717) is 16.1 Å². The van der Waals surface area contributed by atoms with Crippen LogP contribution >= 0.6 is 11.3 Å². The molecule has 10 heteroatoms. The van der Waals surface area contributed by atoms with E-state index in [-0.39, 0.29) is 22.8 Å². The van der Waals surface area contributed by atoms with E-state index in [1.807, 2.05) is 0 Å². The van der Waals surface area contributed by atoms with Crippen molar-refractivity contribution in [2.45, 2.75) is 69.4 Å². The lowest BCUT2D eigenvalue weighted by Gasteiger charge is -2.30. The molecule has 8 nitrogen and oxygen atoms in total. The average Bonchev–Trinajstić information content (AvgIpc) is 3.25. The molecule has 196 valence electrons. The Morgan fingerprint density at radius 3 is 2.44 bits per heavy atom. The van der Waals surface area contributed by atoms with Gasteiger partial charge in [0, 0.05) is 43.7 Å². The van der Waals surface area contributed by atoms with Crippen molar-refractivity contribution in [1.82, 2.24) is 14.5 Å². The summed E-state index contributed by atoms with van der Waals surface area (Å²) >= 11 is 1.45. The molecule has 2 aliphatic rings. The number of benzene rings is 1. The van der Waals surface area contributed by atoms with E-state index in [2.05, 4.69) is 22.5 Å². The molecule has 1 fully saturated rings. The molecule has 4 rings (SSSR count). The van der Waals surface area contributed by atoms with Crippen LogP contribution in [0.15, 0.2) is 29.2 Å². The van der Waals surface area contributed by atoms with Crippen LogP contribution in [0.1, 0.15) is 76.6 Å². The first kappa shape index (κ1) is 26.8.